The van der Waals surface area contributed by atoms with Gasteiger partial charge in [-0.25, -0.2) is 0 Å². The van der Waals surface area contributed by atoms with E-state index < -0.39 is 0 Å². The van der Waals surface area contributed by atoms with Crippen molar-refractivity contribution in [3.8, 4) is 0 Å². The van der Waals surface area contributed by atoms with E-state index >= 15 is 0 Å². The minimum atomic E-state index is 0.343. The zero-order valence-electron chi connectivity index (χ0n) is 9.47. The lowest BCUT2D eigenvalue weighted by Crippen LogP contribution is -2.34. The van der Waals surface area contributed by atoms with E-state index in [1.54, 1.807) is 0 Å². The molecule has 1 saturated heterocycles. The highest BCUT2D eigenvalue weighted by Gasteiger charge is 2.17. The van der Waals surface area contributed by atoms with E-state index in [0.29, 0.717) is 18.6 Å². The Morgan fingerprint density at radius 3 is 2.65 bits per heavy atom. The second-order valence-corrected chi connectivity index (χ2v) is 4.29. The Hall–Kier alpha value is -1.97. The number of Topliss-reactive ketones (excluding diaryl/α,β-unsaturated/α-hetero) is 1. The van der Waals surface area contributed by atoms with E-state index in [-0.39, 0.29) is 0 Å². The molecule has 0 unspecified atom stereocenters. The summed E-state index contributed by atoms with van der Waals surface area (Å²) >= 11 is 0. The minimum Gasteiger partial charge on any atom is -0.354 e. The summed E-state index contributed by atoms with van der Waals surface area (Å²) in [7, 11) is 0. The Morgan fingerprint density at radius 1 is 1.06 bits per heavy atom. The summed E-state index contributed by atoms with van der Waals surface area (Å²) in [5.41, 5.74) is 0.907. The number of piperidine rings is 1. The number of nitrogens with zero attached hydrogens (tertiary/aromatic N) is 3. The molecule has 86 valence electrons. The Bertz CT molecular complexity index is 557. The maximum atomic E-state index is 11.2. The zero-order chi connectivity index (χ0) is 11.7. The molecule has 0 bridgehead atoms. The average Bonchev–Trinajstić information content (AvgIpc) is 2.39. The zero-order valence-corrected chi connectivity index (χ0v) is 9.47. The number of ketones is 1. The molecule has 1 aliphatic heterocycles. The summed E-state index contributed by atoms with van der Waals surface area (Å²) in [5, 5.41) is 9.51. The maximum absolute atomic E-state index is 11.2. The van der Waals surface area contributed by atoms with E-state index in [0.717, 1.165) is 29.8 Å². The molecule has 2 heterocycles. The van der Waals surface area contributed by atoms with Crippen molar-refractivity contribution in [3.63, 3.8) is 0 Å². The van der Waals surface area contributed by atoms with Crippen molar-refractivity contribution < 1.29 is 4.79 Å². The Morgan fingerprint density at radius 2 is 1.82 bits per heavy atom. The van der Waals surface area contributed by atoms with E-state index in [1.807, 2.05) is 30.3 Å². The van der Waals surface area contributed by atoms with Crippen LogP contribution in [0.1, 0.15) is 12.8 Å². The van der Waals surface area contributed by atoms with Gasteiger partial charge in [-0.15, -0.1) is 10.2 Å². The molecule has 4 nitrogen and oxygen atoms in total. The summed E-state index contributed by atoms with van der Waals surface area (Å²) in [6.45, 7) is 1.51. The molecule has 0 N–H and O–H groups in total. The highest BCUT2D eigenvalue weighted by atomic mass is 16.1. The molecule has 1 aromatic heterocycles. The molecule has 0 atom stereocenters. The average molecular weight is 227 g/mol. The number of hydrogen-bond acceptors (Lipinski definition) is 4. The molecule has 2 aromatic rings. The van der Waals surface area contributed by atoms with Gasteiger partial charge in [-0.2, -0.15) is 0 Å². The van der Waals surface area contributed by atoms with Crippen molar-refractivity contribution in [2.24, 2.45) is 0 Å². The number of benzene rings is 1. The van der Waals surface area contributed by atoms with Gasteiger partial charge in [-0.1, -0.05) is 18.2 Å². The molecule has 0 radical (unpaired) electrons. The molecule has 4 heteroatoms. The van der Waals surface area contributed by atoms with Gasteiger partial charge in [0.1, 0.15) is 5.78 Å². The number of fused-ring (bicyclic) bond motifs is 1. The third-order valence-electron chi connectivity index (χ3n) is 3.13. The van der Waals surface area contributed by atoms with Crippen molar-refractivity contribution in [1.82, 2.24) is 10.2 Å². The second-order valence-electron chi connectivity index (χ2n) is 4.29. The van der Waals surface area contributed by atoms with Crippen molar-refractivity contribution in [3.05, 3.63) is 30.3 Å². The molecular weight excluding hydrogens is 214 g/mol. The Kier molecular flexibility index (Phi) is 2.48. The lowest BCUT2D eigenvalue weighted by atomic mass is 10.1. The number of carbonyl (C=O) groups excluding carboxylic acids is 1. The van der Waals surface area contributed by atoms with E-state index in [2.05, 4.69) is 15.1 Å². The number of hydrogen-bond donors (Lipinski definition) is 0. The molecule has 0 aliphatic carbocycles. The summed E-state index contributed by atoms with van der Waals surface area (Å²) in [4.78, 5) is 13.3. The van der Waals surface area contributed by atoms with Crippen molar-refractivity contribution in [2.75, 3.05) is 18.0 Å². The van der Waals surface area contributed by atoms with Crippen molar-refractivity contribution in [1.29, 1.82) is 0 Å². The van der Waals surface area contributed by atoms with Crippen LogP contribution in [-0.2, 0) is 4.79 Å². The fourth-order valence-corrected chi connectivity index (χ4v) is 2.11. The molecular formula is C13H13N3O. The van der Waals surface area contributed by atoms with Crippen LogP contribution in [0.4, 0.5) is 5.82 Å². The maximum Gasteiger partial charge on any atom is 0.151 e. The molecule has 17 heavy (non-hydrogen) atoms. The number of aromatic nitrogens is 2. The van der Waals surface area contributed by atoms with Gasteiger partial charge in [0.2, 0.25) is 0 Å². The van der Waals surface area contributed by atoms with Gasteiger partial charge in [0.15, 0.2) is 5.82 Å². The van der Waals surface area contributed by atoms with Crippen LogP contribution in [0.5, 0.6) is 0 Å². The van der Waals surface area contributed by atoms with E-state index in [1.165, 1.54) is 0 Å². The van der Waals surface area contributed by atoms with Gasteiger partial charge in [-0.3, -0.25) is 4.79 Å². The number of rotatable bonds is 1. The minimum absolute atomic E-state index is 0.343. The van der Waals surface area contributed by atoms with Gasteiger partial charge in [0.05, 0.1) is 5.52 Å². The van der Waals surface area contributed by atoms with E-state index in [9.17, 15) is 4.79 Å². The quantitative estimate of drug-likeness (QED) is 0.745. The first kappa shape index (κ1) is 10.2. The van der Waals surface area contributed by atoms with Crippen LogP contribution in [0.15, 0.2) is 30.3 Å². The normalized spacial score (nSPS) is 16.5. The predicted molar refractivity (Wildman–Crippen MR) is 66.0 cm³/mol. The summed E-state index contributed by atoms with van der Waals surface area (Å²) in [6.07, 6.45) is 1.24. The van der Waals surface area contributed by atoms with Crippen molar-refractivity contribution >= 4 is 22.5 Å². The van der Waals surface area contributed by atoms with Crippen LogP contribution >= 0.6 is 0 Å². The second kappa shape index (κ2) is 4.13. The van der Waals surface area contributed by atoms with Crippen LogP contribution < -0.4 is 4.90 Å². The monoisotopic (exact) mass is 227 g/mol. The molecule has 1 aliphatic rings. The summed E-state index contributed by atoms with van der Waals surface area (Å²) in [6, 6.07) is 9.97. The number of anilines is 1. The highest BCUT2D eigenvalue weighted by molar-refractivity contribution is 5.82. The fraction of sp³-hybridized carbons (Fsp3) is 0.308. The topological polar surface area (TPSA) is 46.1 Å². The lowest BCUT2D eigenvalue weighted by Gasteiger charge is -2.26. The standard InChI is InChI=1S/C13H13N3O/c17-11-5-7-16(8-6-11)13-9-10-3-1-2-4-12(10)14-15-13/h1-4,9H,5-8H2. The van der Waals surface area contributed by atoms with Gasteiger partial charge in [-0.05, 0) is 12.1 Å². The van der Waals surface area contributed by atoms with Crippen LogP contribution in [0, 0.1) is 0 Å². The molecule has 1 fully saturated rings. The molecule has 0 amide bonds. The van der Waals surface area contributed by atoms with Gasteiger partial charge in [0, 0.05) is 31.3 Å². The largest absolute Gasteiger partial charge is 0.354 e. The van der Waals surface area contributed by atoms with Crippen LogP contribution in [-0.4, -0.2) is 29.1 Å². The third-order valence-corrected chi connectivity index (χ3v) is 3.13. The predicted octanol–water partition coefficient (Wildman–Crippen LogP) is 1.80. The van der Waals surface area contributed by atoms with Crippen LogP contribution in [0.2, 0.25) is 0 Å². The lowest BCUT2D eigenvalue weighted by molar-refractivity contribution is -0.119. The molecule has 0 saturated carbocycles. The first-order valence-electron chi connectivity index (χ1n) is 5.82. The van der Waals surface area contributed by atoms with Crippen LogP contribution in [0.3, 0.4) is 0 Å². The summed E-state index contributed by atoms with van der Waals surface area (Å²) in [5.74, 6) is 1.21. The van der Waals surface area contributed by atoms with E-state index in [4.69, 9.17) is 0 Å². The summed E-state index contributed by atoms with van der Waals surface area (Å²) < 4.78 is 0. The SMILES string of the molecule is O=C1CCN(c2cc3ccccc3nn2)CC1. The molecule has 1 aromatic carbocycles. The van der Waals surface area contributed by atoms with Gasteiger partial charge in [0.25, 0.3) is 0 Å². The highest BCUT2D eigenvalue weighted by Crippen LogP contribution is 2.19. The Labute approximate surface area is 99.3 Å². The third kappa shape index (κ3) is 1.98. The smallest absolute Gasteiger partial charge is 0.151 e. The number of carbonyl (C=O) groups is 1. The first-order valence-corrected chi connectivity index (χ1v) is 5.82. The van der Waals surface area contributed by atoms with Crippen LogP contribution in [0.25, 0.3) is 10.9 Å². The Balaban J connectivity index is 1.92. The van der Waals surface area contributed by atoms with Gasteiger partial charge < -0.3 is 4.90 Å². The molecule has 3 rings (SSSR count). The van der Waals surface area contributed by atoms with Gasteiger partial charge >= 0.3 is 0 Å². The first-order chi connectivity index (χ1) is 8.33. The fourth-order valence-electron chi connectivity index (χ4n) is 2.11. The van der Waals surface area contributed by atoms with Crippen molar-refractivity contribution in [2.45, 2.75) is 12.8 Å². The molecule has 0 spiro atoms.